The Balaban J connectivity index is 2.39. The normalized spacial score (nSPS) is 10.3. The smallest absolute Gasteiger partial charge is 0.305 e. The van der Waals surface area contributed by atoms with Crippen molar-refractivity contribution in [3.8, 4) is 5.75 Å². The maximum absolute atomic E-state index is 14.1. The number of carbonyl (C=O) groups excluding carboxylic acids is 1. The van der Waals surface area contributed by atoms with Gasteiger partial charge in [-0.25, -0.2) is 0 Å². The van der Waals surface area contributed by atoms with E-state index in [-0.39, 0.29) is 5.02 Å². The lowest BCUT2D eigenvalue weighted by atomic mass is 10.1. The summed E-state index contributed by atoms with van der Waals surface area (Å²) in [5.74, 6) is -1.47. The van der Waals surface area contributed by atoms with Gasteiger partial charge >= 0.3 is 5.69 Å². The third-order valence-electron chi connectivity index (χ3n) is 3.23. The lowest BCUT2D eigenvalue weighted by Crippen LogP contribution is -2.27. The first-order chi connectivity index (χ1) is 10.9. The molecule has 0 spiro atoms. The van der Waals surface area contributed by atoms with E-state index >= 15 is 0 Å². The number of rotatable bonds is 4. The van der Waals surface area contributed by atoms with E-state index in [1.54, 1.807) is 12.1 Å². The topological polar surface area (TPSA) is 72.7 Å². The predicted molar refractivity (Wildman–Crippen MR) is 83.8 cm³/mol. The number of carbonyl (C=O) groups is 1. The van der Waals surface area contributed by atoms with Crippen LogP contribution in [0.1, 0.15) is 10.4 Å². The molecule has 2 rings (SSSR count). The number of halogens is 2. The Morgan fingerprint density at radius 3 is 2.61 bits per heavy atom. The molecule has 0 aliphatic rings. The minimum Gasteiger partial charge on any atom is -0.495 e. The first-order valence-corrected chi connectivity index (χ1v) is 6.79. The van der Waals surface area contributed by atoms with Crippen molar-refractivity contribution in [2.45, 2.75) is 0 Å². The van der Waals surface area contributed by atoms with E-state index in [4.69, 9.17) is 16.3 Å². The summed E-state index contributed by atoms with van der Waals surface area (Å²) < 4.78 is 19.1. The van der Waals surface area contributed by atoms with Crippen molar-refractivity contribution in [1.29, 1.82) is 0 Å². The number of nitro benzene ring substituents is 1. The highest BCUT2D eigenvalue weighted by Gasteiger charge is 2.24. The number of benzene rings is 2. The minimum absolute atomic E-state index is 0.282. The molecule has 120 valence electrons. The lowest BCUT2D eigenvalue weighted by Gasteiger charge is -2.18. The monoisotopic (exact) mass is 338 g/mol. The summed E-state index contributed by atoms with van der Waals surface area (Å²) in [6, 6.07) is 8.04. The van der Waals surface area contributed by atoms with Crippen LogP contribution >= 0.6 is 11.6 Å². The molecule has 0 aromatic heterocycles. The molecule has 0 fully saturated rings. The molecule has 2 aromatic carbocycles. The van der Waals surface area contributed by atoms with Gasteiger partial charge in [0.1, 0.15) is 5.75 Å². The van der Waals surface area contributed by atoms with Crippen LogP contribution in [0.25, 0.3) is 0 Å². The second-order valence-corrected chi connectivity index (χ2v) is 4.99. The largest absolute Gasteiger partial charge is 0.495 e. The van der Waals surface area contributed by atoms with Crippen molar-refractivity contribution in [1.82, 2.24) is 0 Å². The van der Waals surface area contributed by atoms with Gasteiger partial charge in [-0.2, -0.15) is 4.39 Å². The summed E-state index contributed by atoms with van der Waals surface area (Å²) >= 11 is 6.00. The molecule has 2 aromatic rings. The zero-order valence-corrected chi connectivity index (χ0v) is 13.0. The van der Waals surface area contributed by atoms with Gasteiger partial charge in [-0.3, -0.25) is 14.9 Å². The fraction of sp³-hybridized carbons (Fsp3) is 0.133. The number of hydrogen-bond donors (Lipinski definition) is 0. The summed E-state index contributed by atoms with van der Waals surface area (Å²) in [7, 11) is 2.87. The molecule has 0 unspecified atom stereocenters. The van der Waals surface area contributed by atoms with E-state index in [1.807, 2.05) is 0 Å². The third-order valence-corrected chi connectivity index (χ3v) is 3.53. The average molecular weight is 339 g/mol. The van der Waals surface area contributed by atoms with Gasteiger partial charge in [0.2, 0.25) is 5.82 Å². The van der Waals surface area contributed by atoms with Gasteiger partial charge in [-0.1, -0.05) is 17.7 Å². The SMILES string of the molecule is COc1ccc(N(C)C(=O)c2cccc([N+](=O)[O-])c2F)cc1Cl. The second kappa shape index (κ2) is 6.62. The number of hydrogen-bond acceptors (Lipinski definition) is 4. The molecular weight excluding hydrogens is 327 g/mol. The van der Waals surface area contributed by atoms with E-state index in [0.29, 0.717) is 11.4 Å². The molecule has 0 saturated carbocycles. The van der Waals surface area contributed by atoms with Crippen LogP contribution in [-0.2, 0) is 0 Å². The van der Waals surface area contributed by atoms with Crippen molar-refractivity contribution in [2.75, 3.05) is 19.1 Å². The molecule has 0 N–H and O–H groups in total. The first-order valence-electron chi connectivity index (χ1n) is 6.41. The van der Waals surface area contributed by atoms with Crippen LogP contribution in [0.2, 0.25) is 5.02 Å². The lowest BCUT2D eigenvalue weighted by molar-refractivity contribution is -0.387. The summed E-state index contributed by atoms with van der Waals surface area (Å²) in [5, 5.41) is 11.0. The van der Waals surface area contributed by atoms with Crippen molar-refractivity contribution in [3.63, 3.8) is 0 Å². The molecule has 0 saturated heterocycles. The van der Waals surface area contributed by atoms with Gasteiger partial charge in [-0.15, -0.1) is 0 Å². The van der Waals surface area contributed by atoms with Gasteiger partial charge < -0.3 is 9.64 Å². The highest BCUT2D eigenvalue weighted by molar-refractivity contribution is 6.32. The standard InChI is InChI=1S/C15H12ClFN2O4/c1-18(9-6-7-13(23-2)11(16)8-9)15(20)10-4-3-5-12(14(10)17)19(21)22/h3-8H,1-2H3. The summed E-state index contributed by atoms with van der Waals surface area (Å²) in [4.78, 5) is 23.4. The molecule has 23 heavy (non-hydrogen) atoms. The van der Waals surface area contributed by atoms with Gasteiger partial charge in [-0.05, 0) is 24.3 Å². The Morgan fingerprint density at radius 2 is 2.04 bits per heavy atom. The molecule has 6 nitrogen and oxygen atoms in total. The third kappa shape index (κ3) is 3.24. The summed E-state index contributed by atoms with van der Waals surface area (Å²) in [6.07, 6.45) is 0. The van der Waals surface area contributed by atoms with Crippen molar-refractivity contribution in [3.05, 3.63) is 62.9 Å². The molecular formula is C15H12ClFN2O4. The van der Waals surface area contributed by atoms with Crippen molar-refractivity contribution < 1.29 is 18.8 Å². The van der Waals surface area contributed by atoms with Gasteiger partial charge in [0, 0.05) is 18.8 Å². The highest BCUT2D eigenvalue weighted by atomic mass is 35.5. The minimum atomic E-state index is -1.17. The Morgan fingerprint density at radius 1 is 1.35 bits per heavy atom. The molecule has 0 aliphatic carbocycles. The molecule has 0 atom stereocenters. The van der Waals surface area contributed by atoms with E-state index in [1.165, 1.54) is 32.4 Å². The number of methoxy groups -OCH3 is 1. The quantitative estimate of drug-likeness (QED) is 0.629. The van der Waals surface area contributed by atoms with Crippen LogP contribution in [0.4, 0.5) is 15.8 Å². The maximum atomic E-state index is 14.1. The number of nitrogens with zero attached hydrogens (tertiary/aromatic N) is 2. The van der Waals surface area contributed by atoms with E-state index in [9.17, 15) is 19.3 Å². The first kappa shape index (κ1) is 16.7. The van der Waals surface area contributed by atoms with Gasteiger partial charge in [0.25, 0.3) is 5.91 Å². The van der Waals surface area contributed by atoms with Crippen LogP contribution in [0, 0.1) is 15.9 Å². The zero-order chi connectivity index (χ0) is 17.1. The van der Waals surface area contributed by atoms with Gasteiger partial charge in [0.15, 0.2) is 0 Å². The van der Waals surface area contributed by atoms with E-state index in [2.05, 4.69) is 0 Å². The van der Waals surface area contributed by atoms with Crippen molar-refractivity contribution >= 4 is 28.9 Å². The predicted octanol–water partition coefficient (Wildman–Crippen LogP) is 3.67. The van der Waals surface area contributed by atoms with Crippen LogP contribution in [0.15, 0.2) is 36.4 Å². The Kier molecular flexibility index (Phi) is 4.80. The Labute approximate surface area is 136 Å². The van der Waals surface area contributed by atoms with E-state index in [0.717, 1.165) is 11.0 Å². The molecule has 0 radical (unpaired) electrons. The Hall–Kier alpha value is -2.67. The fourth-order valence-electron chi connectivity index (χ4n) is 1.99. The number of ether oxygens (including phenoxy) is 1. The molecule has 1 amide bonds. The van der Waals surface area contributed by atoms with Crippen molar-refractivity contribution in [2.24, 2.45) is 0 Å². The van der Waals surface area contributed by atoms with Crippen LogP contribution in [0.5, 0.6) is 5.75 Å². The van der Waals surface area contributed by atoms with Crippen LogP contribution in [-0.4, -0.2) is 25.0 Å². The summed E-state index contributed by atoms with van der Waals surface area (Å²) in [5.41, 5.74) is -0.752. The average Bonchev–Trinajstić information content (AvgIpc) is 2.53. The number of anilines is 1. The number of amides is 1. The fourth-order valence-corrected chi connectivity index (χ4v) is 2.24. The summed E-state index contributed by atoms with van der Waals surface area (Å²) in [6.45, 7) is 0. The number of nitro groups is 1. The van der Waals surface area contributed by atoms with Crippen LogP contribution in [0.3, 0.4) is 0 Å². The van der Waals surface area contributed by atoms with Crippen LogP contribution < -0.4 is 9.64 Å². The molecule has 8 heteroatoms. The van der Waals surface area contributed by atoms with Gasteiger partial charge in [0.05, 0.1) is 22.6 Å². The molecule has 0 heterocycles. The Bertz CT molecular complexity index is 782. The zero-order valence-electron chi connectivity index (χ0n) is 12.2. The highest BCUT2D eigenvalue weighted by Crippen LogP contribution is 2.30. The molecule has 0 aliphatic heterocycles. The second-order valence-electron chi connectivity index (χ2n) is 4.58. The maximum Gasteiger partial charge on any atom is 0.305 e. The van der Waals surface area contributed by atoms with E-state index < -0.39 is 27.9 Å². The molecule has 0 bridgehead atoms.